The van der Waals surface area contributed by atoms with Crippen LogP contribution in [0.2, 0.25) is 0 Å². The Bertz CT molecular complexity index is 663. The number of nitrogens with two attached hydrogens (primary N) is 1. The second-order valence-electron chi connectivity index (χ2n) is 4.69. The highest BCUT2D eigenvalue weighted by Crippen LogP contribution is 2.22. The molecule has 1 aromatic heterocycles. The Balaban J connectivity index is 2.15. The molecule has 0 spiro atoms. The van der Waals surface area contributed by atoms with Crippen molar-refractivity contribution in [3.05, 3.63) is 45.2 Å². The van der Waals surface area contributed by atoms with Gasteiger partial charge in [-0.1, -0.05) is 12.2 Å². The summed E-state index contributed by atoms with van der Waals surface area (Å²) in [6.45, 7) is 4.84. The number of anilines is 1. The zero-order valence-corrected chi connectivity index (χ0v) is 14.1. The Hall–Kier alpha value is -1.40. The molecule has 0 unspecified atom stereocenters. The number of aryl methyl sites for hydroxylation is 2. The van der Waals surface area contributed by atoms with Crippen molar-refractivity contribution in [2.24, 2.45) is 12.8 Å². The standard InChI is InChI=1S/C14H17BrN4S/c1-8-12(9(2)19(3)18-8)7-17-10-4-5-11(14(16)20)13(15)6-10/h4-6,17H,7H2,1-3H3,(H2,16,20). The van der Waals surface area contributed by atoms with Crippen molar-refractivity contribution in [2.75, 3.05) is 5.32 Å². The van der Waals surface area contributed by atoms with E-state index < -0.39 is 0 Å². The molecule has 0 aliphatic carbocycles. The van der Waals surface area contributed by atoms with Crippen LogP contribution in [0.15, 0.2) is 22.7 Å². The molecule has 6 heteroatoms. The maximum Gasteiger partial charge on any atom is 0.105 e. The molecule has 4 nitrogen and oxygen atoms in total. The van der Waals surface area contributed by atoms with Crippen molar-refractivity contribution in [1.82, 2.24) is 9.78 Å². The summed E-state index contributed by atoms with van der Waals surface area (Å²) in [5, 5.41) is 7.81. The Morgan fingerprint density at radius 3 is 2.65 bits per heavy atom. The van der Waals surface area contributed by atoms with E-state index in [-0.39, 0.29) is 0 Å². The van der Waals surface area contributed by atoms with Crippen LogP contribution >= 0.6 is 28.1 Å². The number of benzene rings is 1. The third-order valence-electron chi connectivity index (χ3n) is 3.36. The number of hydrogen-bond acceptors (Lipinski definition) is 3. The van der Waals surface area contributed by atoms with Gasteiger partial charge in [0.05, 0.1) is 5.69 Å². The lowest BCUT2D eigenvalue weighted by Gasteiger charge is -2.09. The van der Waals surface area contributed by atoms with Gasteiger partial charge in [0.2, 0.25) is 0 Å². The highest BCUT2D eigenvalue weighted by molar-refractivity contribution is 9.10. The average Bonchev–Trinajstić information content (AvgIpc) is 2.61. The second-order valence-corrected chi connectivity index (χ2v) is 5.98. The van der Waals surface area contributed by atoms with Crippen LogP contribution in [0.1, 0.15) is 22.5 Å². The maximum absolute atomic E-state index is 5.64. The molecular formula is C14H17BrN4S. The van der Waals surface area contributed by atoms with Crippen LogP contribution in [0.4, 0.5) is 5.69 Å². The summed E-state index contributed by atoms with van der Waals surface area (Å²) in [6.07, 6.45) is 0. The summed E-state index contributed by atoms with van der Waals surface area (Å²) in [4.78, 5) is 0.391. The van der Waals surface area contributed by atoms with Crippen molar-refractivity contribution >= 4 is 38.8 Å². The van der Waals surface area contributed by atoms with Crippen LogP contribution in [0.25, 0.3) is 0 Å². The summed E-state index contributed by atoms with van der Waals surface area (Å²) in [6, 6.07) is 5.87. The van der Waals surface area contributed by atoms with Gasteiger partial charge in [0.1, 0.15) is 4.99 Å². The zero-order chi connectivity index (χ0) is 14.9. The van der Waals surface area contributed by atoms with Crippen LogP contribution in [0.5, 0.6) is 0 Å². The van der Waals surface area contributed by atoms with Crippen LogP contribution in [0.3, 0.4) is 0 Å². The Kier molecular flexibility index (Phi) is 4.45. The van der Waals surface area contributed by atoms with Gasteiger partial charge in [0.25, 0.3) is 0 Å². The van der Waals surface area contributed by atoms with E-state index in [9.17, 15) is 0 Å². The number of nitrogens with one attached hydrogen (secondary N) is 1. The van der Waals surface area contributed by atoms with E-state index >= 15 is 0 Å². The summed E-state index contributed by atoms with van der Waals surface area (Å²) >= 11 is 8.47. The minimum absolute atomic E-state index is 0.391. The minimum atomic E-state index is 0.391. The van der Waals surface area contributed by atoms with Gasteiger partial charge in [-0.3, -0.25) is 4.68 Å². The van der Waals surface area contributed by atoms with E-state index in [4.69, 9.17) is 18.0 Å². The van der Waals surface area contributed by atoms with Crippen LogP contribution < -0.4 is 11.1 Å². The predicted octanol–water partition coefficient (Wildman–Crippen LogP) is 3.05. The molecular weight excluding hydrogens is 336 g/mol. The van der Waals surface area contributed by atoms with E-state index in [1.165, 1.54) is 11.3 Å². The van der Waals surface area contributed by atoms with Gasteiger partial charge < -0.3 is 11.1 Å². The molecule has 0 saturated carbocycles. The van der Waals surface area contributed by atoms with E-state index in [0.717, 1.165) is 28.0 Å². The molecule has 0 atom stereocenters. The lowest BCUT2D eigenvalue weighted by molar-refractivity contribution is 0.730. The highest BCUT2D eigenvalue weighted by Gasteiger charge is 2.09. The van der Waals surface area contributed by atoms with Gasteiger partial charge in [-0.2, -0.15) is 5.10 Å². The molecule has 0 radical (unpaired) electrons. The van der Waals surface area contributed by atoms with E-state index in [2.05, 4.69) is 33.3 Å². The van der Waals surface area contributed by atoms with Crippen LogP contribution in [-0.4, -0.2) is 14.8 Å². The third kappa shape index (κ3) is 3.02. The van der Waals surface area contributed by atoms with Crippen molar-refractivity contribution < 1.29 is 0 Å². The van der Waals surface area contributed by atoms with Gasteiger partial charge >= 0.3 is 0 Å². The Morgan fingerprint density at radius 2 is 2.15 bits per heavy atom. The fraction of sp³-hybridized carbons (Fsp3) is 0.286. The molecule has 20 heavy (non-hydrogen) atoms. The Labute approximate surface area is 132 Å². The number of rotatable bonds is 4. The molecule has 0 fully saturated rings. The molecule has 0 amide bonds. The van der Waals surface area contributed by atoms with Gasteiger partial charge in [-0.05, 0) is 48.0 Å². The van der Waals surface area contributed by atoms with E-state index in [1.54, 1.807) is 0 Å². The number of nitrogens with zero attached hydrogens (tertiary/aromatic N) is 2. The first-order chi connectivity index (χ1) is 9.40. The second kappa shape index (κ2) is 5.93. The van der Waals surface area contributed by atoms with Crippen LogP contribution in [-0.2, 0) is 13.6 Å². The number of hydrogen-bond donors (Lipinski definition) is 2. The first-order valence-electron chi connectivity index (χ1n) is 6.22. The molecule has 2 rings (SSSR count). The topological polar surface area (TPSA) is 55.9 Å². The first kappa shape index (κ1) is 15.0. The third-order valence-corrected chi connectivity index (χ3v) is 4.24. The zero-order valence-electron chi connectivity index (χ0n) is 11.7. The molecule has 1 heterocycles. The quantitative estimate of drug-likeness (QED) is 0.830. The molecule has 2 aromatic rings. The number of halogens is 1. The molecule has 0 bridgehead atoms. The smallest absolute Gasteiger partial charge is 0.105 e. The lowest BCUT2D eigenvalue weighted by atomic mass is 10.1. The summed E-state index contributed by atoms with van der Waals surface area (Å²) in [5.74, 6) is 0. The fourth-order valence-electron chi connectivity index (χ4n) is 2.09. The van der Waals surface area contributed by atoms with E-state index in [1.807, 2.05) is 36.9 Å². The largest absolute Gasteiger partial charge is 0.389 e. The number of thiocarbonyl (C=S) groups is 1. The molecule has 0 saturated heterocycles. The van der Waals surface area contributed by atoms with Crippen LogP contribution in [0, 0.1) is 13.8 Å². The average molecular weight is 353 g/mol. The molecule has 106 valence electrons. The molecule has 0 aliphatic heterocycles. The van der Waals surface area contributed by atoms with Crippen molar-refractivity contribution in [1.29, 1.82) is 0 Å². The first-order valence-corrected chi connectivity index (χ1v) is 7.42. The predicted molar refractivity (Wildman–Crippen MR) is 90.0 cm³/mol. The van der Waals surface area contributed by atoms with Gasteiger partial charge in [0.15, 0.2) is 0 Å². The molecule has 3 N–H and O–H groups in total. The number of aromatic nitrogens is 2. The normalized spacial score (nSPS) is 10.6. The van der Waals surface area contributed by atoms with E-state index in [0.29, 0.717) is 4.99 Å². The molecule has 1 aromatic carbocycles. The summed E-state index contributed by atoms with van der Waals surface area (Å²) in [5.41, 5.74) is 11.0. The molecule has 0 aliphatic rings. The summed E-state index contributed by atoms with van der Waals surface area (Å²) in [7, 11) is 1.96. The maximum atomic E-state index is 5.64. The van der Waals surface area contributed by atoms with Crippen molar-refractivity contribution in [3.8, 4) is 0 Å². The Morgan fingerprint density at radius 1 is 1.45 bits per heavy atom. The SMILES string of the molecule is Cc1nn(C)c(C)c1CNc1ccc(C(N)=S)c(Br)c1. The van der Waals surface area contributed by atoms with Crippen molar-refractivity contribution in [2.45, 2.75) is 20.4 Å². The van der Waals surface area contributed by atoms with Gasteiger partial charge in [-0.15, -0.1) is 0 Å². The minimum Gasteiger partial charge on any atom is -0.389 e. The summed E-state index contributed by atoms with van der Waals surface area (Å²) < 4.78 is 2.80. The van der Waals surface area contributed by atoms with Gasteiger partial charge in [0, 0.05) is 40.6 Å². The highest BCUT2D eigenvalue weighted by atomic mass is 79.9. The lowest BCUT2D eigenvalue weighted by Crippen LogP contribution is -2.10. The monoisotopic (exact) mass is 352 g/mol. The van der Waals surface area contributed by atoms with Crippen molar-refractivity contribution in [3.63, 3.8) is 0 Å². The fourth-order valence-corrected chi connectivity index (χ4v) is 2.99. The van der Waals surface area contributed by atoms with Gasteiger partial charge in [-0.25, -0.2) is 0 Å².